The number of hydrogen-bond acceptors (Lipinski definition) is 5. The van der Waals surface area contributed by atoms with E-state index in [9.17, 15) is 0 Å². The van der Waals surface area contributed by atoms with E-state index in [0.29, 0.717) is 6.04 Å². The van der Waals surface area contributed by atoms with Gasteiger partial charge in [-0.1, -0.05) is 12.1 Å². The third-order valence-electron chi connectivity index (χ3n) is 2.92. The molecule has 0 aliphatic carbocycles. The average molecular weight is 241 g/mol. The van der Waals surface area contributed by atoms with Crippen LogP contribution in [-0.2, 0) is 6.42 Å². The Morgan fingerprint density at radius 1 is 1.56 bits per heavy atom. The van der Waals surface area contributed by atoms with Crippen molar-refractivity contribution in [2.45, 2.75) is 44.4 Å². The first-order chi connectivity index (χ1) is 7.75. The first-order valence-corrected chi connectivity index (χ1v) is 6.95. The Morgan fingerprint density at radius 2 is 2.44 bits per heavy atom. The van der Waals surface area contributed by atoms with Crippen LogP contribution in [-0.4, -0.2) is 33.7 Å². The number of nitrogens with zero attached hydrogens (tertiary/aromatic N) is 2. The molecule has 1 saturated heterocycles. The summed E-state index contributed by atoms with van der Waals surface area (Å²) in [6.45, 7) is 5.08. The van der Waals surface area contributed by atoms with Gasteiger partial charge in [0, 0.05) is 24.3 Å². The minimum Gasteiger partial charge on any atom is -0.339 e. The quantitative estimate of drug-likeness (QED) is 0.871. The maximum Gasteiger partial charge on any atom is 0.227 e. The van der Waals surface area contributed by atoms with Crippen molar-refractivity contribution in [1.82, 2.24) is 15.5 Å². The van der Waals surface area contributed by atoms with Gasteiger partial charge in [0.2, 0.25) is 5.89 Å². The zero-order valence-corrected chi connectivity index (χ0v) is 10.7. The van der Waals surface area contributed by atoms with E-state index >= 15 is 0 Å². The molecule has 5 heteroatoms. The molecule has 2 atom stereocenters. The molecule has 4 nitrogen and oxygen atoms in total. The summed E-state index contributed by atoms with van der Waals surface area (Å²) >= 11 is 2.06. The van der Waals surface area contributed by atoms with E-state index in [0.717, 1.165) is 29.9 Å². The van der Waals surface area contributed by atoms with Crippen molar-refractivity contribution in [2.24, 2.45) is 0 Å². The maximum atomic E-state index is 5.07. The Balaban J connectivity index is 1.71. The summed E-state index contributed by atoms with van der Waals surface area (Å²) in [7, 11) is 0. The largest absolute Gasteiger partial charge is 0.339 e. The zero-order chi connectivity index (χ0) is 11.4. The molecule has 2 unspecified atom stereocenters. The van der Waals surface area contributed by atoms with Gasteiger partial charge in [-0.25, -0.2) is 0 Å². The smallest absolute Gasteiger partial charge is 0.227 e. The van der Waals surface area contributed by atoms with E-state index in [1.807, 2.05) is 6.92 Å². The van der Waals surface area contributed by atoms with Crippen LogP contribution in [0.1, 0.15) is 31.5 Å². The Bertz CT molecular complexity index is 329. The van der Waals surface area contributed by atoms with Gasteiger partial charge >= 0.3 is 0 Å². The molecular formula is C11H19N3OS. The molecule has 1 N–H and O–H groups in total. The van der Waals surface area contributed by atoms with Crippen molar-refractivity contribution < 1.29 is 4.52 Å². The van der Waals surface area contributed by atoms with E-state index in [-0.39, 0.29) is 0 Å². The molecule has 1 aliphatic heterocycles. The maximum absolute atomic E-state index is 5.07. The summed E-state index contributed by atoms with van der Waals surface area (Å²) in [5.41, 5.74) is 0. The van der Waals surface area contributed by atoms with Gasteiger partial charge < -0.3 is 9.84 Å². The molecule has 0 aromatic carbocycles. The number of thioether (sulfide) groups is 1. The normalized spacial score (nSPS) is 25.9. The fraction of sp³-hybridized carbons (Fsp3) is 0.818. The zero-order valence-electron chi connectivity index (χ0n) is 9.90. The van der Waals surface area contributed by atoms with E-state index in [2.05, 4.69) is 34.1 Å². The fourth-order valence-electron chi connectivity index (χ4n) is 2.00. The minimum atomic E-state index is 0.641. The minimum absolute atomic E-state index is 0.641. The highest BCUT2D eigenvalue weighted by Gasteiger charge is 2.20. The molecular weight excluding hydrogens is 222 g/mol. The summed E-state index contributed by atoms with van der Waals surface area (Å²) in [5.74, 6) is 2.76. The SMILES string of the molecule is Cc1noc(CCNC2CCCSC2C)n1. The summed E-state index contributed by atoms with van der Waals surface area (Å²) in [6, 6.07) is 0.641. The lowest BCUT2D eigenvalue weighted by molar-refractivity contribution is 0.366. The topological polar surface area (TPSA) is 51.0 Å². The second-order valence-corrected chi connectivity index (χ2v) is 5.75. The van der Waals surface area contributed by atoms with Crippen molar-refractivity contribution >= 4 is 11.8 Å². The van der Waals surface area contributed by atoms with Gasteiger partial charge in [0.1, 0.15) is 0 Å². The summed E-state index contributed by atoms with van der Waals surface area (Å²) in [4.78, 5) is 4.19. The number of nitrogens with one attached hydrogen (secondary N) is 1. The molecule has 1 aromatic heterocycles. The monoisotopic (exact) mass is 241 g/mol. The van der Waals surface area contributed by atoms with Crippen LogP contribution in [0.15, 0.2) is 4.52 Å². The highest BCUT2D eigenvalue weighted by Crippen LogP contribution is 2.24. The Morgan fingerprint density at radius 3 is 3.12 bits per heavy atom. The predicted molar refractivity (Wildman–Crippen MR) is 65.7 cm³/mol. The average Bonchev–Trinajstić information content (AvgIpc) is 2.67. The lowest BCUT2D eigenvalue weighted by Gasteiger charge is -2.29. The Labute approximate surface area is 101 Å². The van der Waals surface area contributed by atoms with Crippen molar-refractivity contribution in [2.75, 3.05) is 12.3 Å². The molecule has 2 heterocycles. The number of rotatable bonds is 4. The lowest BCUT2D eigenvalue weighted by Crippen LogP contribution is -2.40. The van der Waals surface area contributed by atoms with Gasteiger partial charge in [0.25, 0.3) is 0 Å². The third kappa shape index (κ3) is 3.22. The Hall–Kier alpha value is -0.550. The number of aryl methyl sites for hydroxylation is 1. The molecule has 2 rings (SSSR count). The van der Waals surface area contributed by atoms with Crippen molar-refractivity contribution in [3.8, 4) is 0 Å². The van der Waals surface area contributed by atoms with Crippen LogP contribution in [0.2, 0.25) is 0 Å². The highest BCUT2D eigenvalue weighted by atomic mass is 32.2. The van der Waals surface area contributed by atoms with Crippen LogP contribution in [0.5, 0.6) is 0 Å². The standard InChI is InChI=1S/C11H19N3OS/c1-8-10(4-3-7-16-8)12-6-5-11-13-9(2)14-15-11/h8,10,12H,3-7H2,1-2H3. The molecule has 16 heavy (non-hydrogen) atoms. The molecule has 0 amide bonds. The van der Waals surface area contributed by atoms with Crippen LogP contribution in [0, 0.1) is 6.92 Å². The summed E-state index contributed by atoms with van der Waals surface area (Å²) in [6.07, 6.45) is 3.44. The number of aromatic nitrogens is 2. The van der Waals surface area contributed by atoms with Gasteiger partial charge in [-0.3, -0.25) is 0 Å². The van der Waals surface area contributed by atoms with E-state index in [1.165, 1.54) is 18.6 Å². The predicted octanol–water partition coefficient (Wildman–Crippen LogP) is 1.79. The van der Waals surface area contributed by atoms with Gasteiger partial charge in [-0.2, -0.15) is 16.7 Å². The molecule has 0 radical (unpaired) electrons. The first kappa shape index (κ1) is 11.9. The van der Waals surface area contributed by atoms with E-state index < -0.39 is 0 Å². The number of hydrogen-bond donors (Lipinski definition) is 1. The molecule has 1 fully saturated rings. The van der Waals surface area contributed by atoms with Crippen molar-refractivity contribution in [3.63, 3.8) is 0 Å². The molecule has 1 aliphatic rings. The van der Waals surface area contributed by atoms with Gasteiger partial charge in [0.05, 0.1) is 0 Å². The first-order valence-electron chi connectivity index (χ1n) is 5.90. The Kier molecular flexibility index (Phi) is 4.23. The van der Waals surface area contributed by atoms with Crippen LogP contribution >= 0.6 is 11.8 Å². The lowest BCUT2D eigenvalue weighted by atomic mass is 10.1. The molecule has 0 bridgehead atoms. The van der Waals surface area contributed by atoms with Crippen molar-refractivity contribution in [3.05, 3.63) is 11.7 Å². The fourth-order valence-corrected chi connectivity index (χ4v) is 3.17. The second kappa shape index (κ2) is 5.68. The van der Waals surface area contributed by atoms with Crippen LogP contribution < -0.4 is 5.32 Å². The molecule has 90 valence electrons. The van der Waals surface area contributed by atoms with Crippen LogP contribution in [0.3, 0.4) is 0 Å². The van der Waals surface area contributed by atoms with Crippen LogP contribution in [0.25, 0.3) is 0 Å². The molecule has 0 saturated carbocycles. The van der Waals surface area contributed by atoms with Gasteiger partial charge in [-0.05, 0) is 25.5 Å². The van der Waals surface area contributed by atoms with Gasteiger partial charge in [0.15, 0.2) is 5.82 Å². The highest BCUT2D eigenvalue weighted by molar-refractivity contribution is 7.99. The molecule has 0 spiro atoms. The summed E-state index contributed by atoms with van der Waals surface area (Å²) in [5, 5.41) is 8.08. The molecule has 1 aromatic rings. The summed E-state index contributed by atoms with van der Waals surface area (Å²) < 4.78 is 5.07. The van der Waals surface area contributed by atoms with E-state index in [4.69, 9.17) is 4.52 Å². The van der Waals surface area contributed by atoms with E-state index in [1.54, 1.807) is 0 Å². The van der Waals surface area contributed by atoms with Gasteiger partial charge in [-0.15, -0.1) is 0 Å². The second-order valence-electron chi connectivity index (χ2n) is 4.26. The third-order valence-corrected chi connectivity index (χ3v) is 4.30. The van der Waals surface area contributed by atoms with Crippen LogP contribution in [0.4, 0.5) is 0 Å². The van der Waals surface area contributed by atoms with Crippen molar-refractivity contribution in [1.29, 1.82) is 0 Å².